The van der Waals surface area contributed by atoms with E-state index in [0.29, 0.717) is 0 Å². The third kappa shape index (κ3) is 5.52. The number of fused-ring (bicyclic) bond motifs is 1. The normalized spacial score (nSPS) is 19.2. The van der Waals surface area contributed by atoms with Crippen molar-refractivity contribution in [3.05, 3.63) is 48.7 Å². The highest BCUT2D eigenvalue weighted by atomic mass is 32.1. The number of hydrogen-bond acceptors (Lipinski definition) is 9. The van der Waals surface area contributed by atoms with Crippen LogP contribution in [0.1, 0.15) is 18.4 Å². The lowest BCUT2D eigenvalue weighted by atomic mass is 10.1. The zero-order valence-electron chi connectivity index (χ0n) is 19.1. The third-order valence-electron chi connectivity index (χ3n) is 6.06. The lowest BCUT2D eigenvalue weighted by Crippen LogP contribution is -2.47. The van der Waals surface area contributed by atoms with Crippen molar-refractivity contribution in [3.8, 4) is 0 Å². The summed E-state index contributed by atoms with van der Waals surface area (Å²) >= 11 is 1.51. The molecule has 0 saturated carbocycles. The lowest BCUT2D eigenvalue weighted by molar-refractivity contribution is -0.117. The van der Waals surface area contributed by atoms with Gasteiger partial charge >= 0.3 is 0 Å². The summed E-state index contributed by atoms with van der Waals surface area (Å²) in [5.74, 6) is 1.54. The van der Waals surface area contributed by atoms with Crippen LogP contribution in [0.4, 0.5) is 16.8 Å². The molecule has 3 aromatic rings. The van der Waals surface area contributed by atoms with Gasteiger partial charge in [-0.15, -0.1) is 0 Å². The Morgan fingerprint density at radius 1 is 1.26 bits per heavy atom. The van der Waals surface area contributed by atoms with Crippen LogP contribution in [0.25, 0.3) is 10.3 Å². The van der Waals surface area contributed by atoms with Crippen molar-refractivity contribution >= 4 is 44.4 Å². The number of rotatable bonds is 7. The molecule has 2 N–H and O–H groups in total. The second-order valence-electron chi connectivity index (χ2n) is 8.58. The van der Waals surface area contributed by atoms with Gasteiger partial charge in [-0.25, -0.2) is 15.0 Å². The van der Waals surface area contributed by atoms with E-state index in [2.05, 4.69) is 49.1 Å². The fourth-order valence-corrected chi connectivity index (χ4v) is 5.22. The number of nitrogens with zero attached hydrogens (tertiary/aromatic N) is 5. The van der Waals surface area contributed by atoms with Crippen LogP contribution in [0.2, 0.25) is 0 Å². The van der Waals surface area contributed by atoms with Crippen molar-refractivity contribution < 1.29 is 9.53 Å². The predicted molar refractivity (Wildman–Crippen MR) is 135 cm³/mol. The largest absolute Gasteiger partial charge is 0.379 e. The van der Waals surface area contributed by atoms with Crippen LogP contribution in [-0.2, 0) is 16.1 Å². The van der Waals surface area contributed by atoms with Gasteiger partial charge in [0.2, 0.25) is 5.91 Å². The van der Waals surface area contributed by atoms with Crippen LogP contribution in [0.3, 0.4) is 0 Å². The van der Waals surface area contributed by atoms with Crippen molar-refractivity contribution in [2.45, 2.75) is 25.4 Å². The fourth-order valence-electron chi connectivity index (χ4n) is 4.40. The highest BCUT2D eigenvalue weighted by Gasteiger charge is 2.23. The van der Waals surface area contributed by atoms with Crippen LogP contribution >= 0.6 is 11.3 Å². The van der Waals surface area contributed by atoms with E-state index in [1.165, 1.54) is 23.0 Å². The molecule has 0 radical (unpaired) electrons. The molecule has 0 bridgehead atoms. The van der Waals surface area contributed by atoms with Crippen molar-refractivity contribution in [3.63, 3.8) is 0 Å². The van der Waals surface area contributed by atoms with Crippen LogP contribution in [-0.4, -0.2) is 71.2 Å². The smallest absolute Gasteiger partial charge is 0.243 e. The summed E-state index contributed by atoms with van der Waals surface area (Å²) in [6, 6.07) is 8.19. The second-order valence-corrected chi connectivity index (χ2v) is 9.55. The number of piperidine rings is 1. The number of carbonyl (C=O) groups excluding carboxylic acids is 1. The molecule has 2 fully saturated rings. The maximum Gasteiger partial charge on any atom is 0.243 e. The van der Waals surface area contributed by atoms with Gasteiger partial charge < -0.3 is 20.3 Å². The number of amides is 1. The van der Waals surface area contributed by atoms with Gasteiger partial charge in [0.25, 0.3) is 0 Å². The number of nitrogens with one attached hydrogen (secondary N) is 2. The monoisotopic (exact) mass is 479 g/mol. The van der Waals surface area contributed by atoms with E-state index in [0.717, 1.165) is 85.9 Å². The van der Waals surface area contributed by atoms with E-state index in [-0.39, 0.29) is 11.9 Å². The average Bonchev–Trinajstić information content (AvgIpc) is 3.27. The molecule has 3 aromatic heterocycles. The number of thiazole rings is 1. The average molecular weight is 480 g/mol. The number of aromatic nitrogens is 3. The van der Waals surface area contributed by atoms with Gasteiger partial charge in [-0.2, -0.15) is 0 Å². The molecule has 2 aliphatic rings. The maximum absolute atomic E-state index is 11.8. The standard InChI is InChI=1S/C24H29N7O2S/c1-2-22(32)26-18-5-4-8-31(16-18)21-14-17(15-30-9-11-33-12-10-30)13-20(28-21)29-24-27-19-6-3-7-25-23(19)34-24/h2-3,6-7,13-14,18H,1,4-5,8-12,15-16H2,(H,26,32)(H,27,28,29). The molecule has 10 heteroatoms. The molecule has 5 rings (SSSR count). The molecule has 0 aliphatic carbocycles. The number of carbonyl (C=O) groups is 1. The predicted octanol–water partition coefficient (Wildman–Crippen LogP) is 2.93. The molecular formula is C24H29N7O2S. The van der Waals surface area contributed by atoms with Gasteiger partial charge in [0.15, 0.2) is 5.13 Å². The molecule has 2 aliphatic heterocycles. The van der Waals surface area contributed by atoms with Gasteiger partial charge in [0.05, 0.1) is 13.2 Å². The zero-order valence-corrected chi connectivity index (χ0v) is 19.9. The molecule has 178 valence electrons. The number of ether oxygens (including phenoxy) is 1. The van der Waals surface area contributed by atoms with Crippen LogP contribution in [0.5, 0.6) is 0 Å². The first-order valence-corrected chi connectivity index (χ1v) is 12.5. The molecule has 5 heterocycles. The number of anilines is 3. The summed E-state index contributed by atoms with van der Waals surface area (Å²) in [6.45, 7) is 9.39. The molecule has 9 nitrogen and oxygen atoms in total. The quantitative estimate of drug-likeness (QED) is 0.500. The molecule has 1 amide bonds. The summed E-state index contributed by atoms with van der Waals surface area (Å²) in [5.41, 5.74) is 2.06. The van der Waals surface area contributed by atoms with E-state index >= 15 is 0 Å². The van der Waals surface area contributed by atoms with Crippen molar-refractivity contribution in [1.82, 2.24) is 25.2 Å². The second kappa shape index (κ2) is 10.5. The van der Waals surface area contributed by atoms with Crippen molar-refractivity contribution in [1.29, 1.82) is 0 Å². The maximum atomic E-state index is 11.8. The van der Waals surface area contributed by atoms with Gasteiger partial charge in [-0.05, 0) is 48.7 Å². The van der Waals surface area contributed by atoms with E-state index in [1.54, 1.807) is 6.20 Å². The Morgan fingerprint density at radius 3 is 2.97 bits per heavy atom. The minimum Gasteiger partial charge on any atom is -0.379 e. The van der Waals surface area contributed by atoms with Gasteiger partial charge in [-0.3, -0.25) is 9.69 Å². The molecular weight excluding hydrogens is 450 g/mol. The first kappa shape index (κ1) is 22.7. The van der Waals surface area contributed by atoms with E-state index in [1.807, 2.05) is 12.1 Å². The minimum atomic E-state index is -0.132. The van der Waals surface area contributed by atoms with Crippen LogP contribution in [0.15, 0.2) is 43.1 Å². The summed E-state index contributed by atoms with van der Waals surface area (Å²) in [6.07, 6.45) is 5.05. The van der Waals surface area contributed by atoms with E-state index < -0.39 is 0 Å². The van der Waals surface area contributed by atoms with Gasteiger partial charge in [0, 0.05) is 45.0 Å². The highest BCUT2D eigenvalue weighted by molar-refractivity contribution is 7.21. The van der Waals surface area contributed by atoms with Crippen molar-refractivity contribution in [2.75, 3.05) is 49.6 Å². The SMILES string of the molecule is C=CC(=O)NC1CCCN(c2cc(CN3CCOCC3)cc(Nc3nc4cccnc4s3)n2)C1. The summed E-state index contributed by atoms with van der Waals surface area (Å²) < 4.78 is 5.51. The Labute approximate surface area is 202 Å². The topological polar surface area (TPSA) is 95.5 Å². The Kier molecular flexibility index (Phi) is 6.98. The minimum absolute atomic E-state index is 0.0793. The first-order valence-electron chi connectivity index (χ1n) is 11.6. The zero-order chi connectivity index (χ0) is 23.3. The molecule has 1 atom stereocenters. The molecule has 0 aromatic carbocycles. The van der Waals surface area contributed by atoms with Crippen molar-refractivity contribution in [2.24, 2.45) is 0 Å². The Morgan fingerprint density at radius 2 is 2.15 bits per heavy atom. The van der Waals surface area contributed by atoms with Crippen LogP contribution < -0.4 is 15.5 Å². The third-order valence-corrected chi connectivity index (χ3v) is 6.95. The molecule has 1 unspecified atom stereocenters. The first-order chi connectivity index (χ1) is 16.7. The summed E-state index contributed by atoms with van der Waals surface area (Å²) in [7, 11) is 0. The molecule has 34 heavy (non-hydrogen) atoms. The lowest BCUT2D eigenvalue weighted by Gasteiger charge is -2.34. The molecule has 2 saturated heterocycles. The van der Waals surface area contributed by atoms with E-state index in [4.69, 9.17) is 9.72 Å². The summed E-state index contributed by atoms with van der Waals surface area (Å²) in [4.78, 5) is 31.4. The van der Waals surface area contributed by atoms with E-state index in [9.17, 15) is 4.79 Å². The molecule has 0 spiro atoms. The Hall–Kier alpha value is -3.08. The van der Waals surface area contributed by atoms with Gasteiger partial charge in [0.1, 0.15) is 22.0 Å². The Bertz CT molecular complexity index is 1130. The highest BCUT2D eigenvalue weighted by Crippen LogP contribution is 2.29. The van der Waals surface area contributed by atoms with Gasteiger partial charge in [-0.1, -0.05) is 17.9 Å². The van der Waals surface area contributed by atoms with Crippen LogP contribution in [0, 0.1) is 0 Å². The Balaban J connectivity index is 1.40. The number of pyridine rings is 2. The number of hydrogen-bond donors (Lipinski definition) is 2. The summed E-state index contributed by atoms with van der Waals surface area (Å²) in [5, 5.41) is 7.21. The number of morpholine rings is 1. The fraction of sp³-hybridized carbons (Fsp3) is 0.417.